The molecule has 0 radical (unpaired) electrons. The van der Waals surface area contributed by atoms with Crippen molar-refractivity contribution in [2.75, 3.05) is 13.1 Å². The molecule has 0 fully saturated rings. The molecule has 0 spiro atoms. The minimum absolute atomic E-state index is 0.589. The fourth-order valence-corrected chi connectivity index (χ4v) is 1.16. The van der Waals surface area contributed by atoms with Gasteiger partial charge in [-0.15, -0.1) is 0 Å². The summed E-state index contributed by atoms with van der Waals surface area (Å²) in [5.41, 5.74) is -0.639. The van der Waals surface area contributed by atoms with Gasteiger partial charge in [0, 0.05) is 19.5 Å². The van der Waals surface area contributed by atoms with Crippen molar-refractivity contribution >= 4 is 5.84 Å². The van der Waals surface area contributed by atoms with Crippen LogP contribution in [0.5, 0.6) is 0 Å². The zero-order valence-corrected chi connectivity index (χ0v) is 7.93. The maximum Gasteiger partial charge on any atom is 0.0964 e. The molecule has 1 aliphatic heterocycles. The van der Waals surface area contributed by atoms with Gasteiger partial charge in [0.25, 0.3) is 0 Å². The molecule has 2 N–H and O–H groups in total. The number of aliphatic imine (C=N–C) groups is 1. The molecular formula is C9H18N2O. The third kappa shape index (κ3) is 3.72. The molecule has 0 saturated heterocycles. The van der Waals surface area contributed by atoms with Crippen LogP contribution in [0.2, 0.25) is 0 Å². The second-order valence-corrected chi connectivity index (χ2v) is 3.95. The van der Waals surface area contributed by atoms with Crippen LogP contribution in [0.25, 0.3) is 0 Å². The van der Waals surface area contributed by atoms with Gasteiger partial charge in [-0.2, -0.15) is 0 Å². The highest BCUT2D eigenvalue weighted by molar-refractivity contribution is 5.82. The Morgan fingerprint density at radius 3 is 2.75 bits per heavy atom. The van der Waals surface area contributed by atoms with Crippen LogP contribution in [-0.4, -0.2) is 29.6 Å². The van der Waals surface area contributed by atoms with Crippen molar-refractivity contribution < 1.29 is 5.11 Å². The number of rotatable bonds is 2. The van der Waals surface area contributed by atoms with Crippen LogP contribution in [0.1, 0.15) is 33.1 Å². The van der Waals surface area contributed by atoms with Crippen LogP contribution in [0.3, 0.4) is 0 Å². The maximum absolute atomic E-state index is 9.43. The lowest BCUT2D eigenvalue weighted by Gasteiger charge is -2.21. The van der Waals surface area contributed by atoms with Gasteiger partial charge in [0.15, 0.2) is 0 Å². The topological polar surface area (TPSA) is 44.6 Å². The van der Waals surface area contributed by atoms with E-state index in [1.54, 1.807) is 13.8 Å². The molecule has 0 saturated carbocycles. The first-order chi connectivity index (χ1) is 5.58. The standard InChI is InChI=1S/C9H18N2O/c1-9(2,12)7-11-8-5-3-4-6-10-8/h12H,3-7H2,1-2H3,(H,10,11). The van der Waals surface area contributed by atoms with E-state index in [9.17, 15) is 5.11 Å². The highest BCUT2D eigenvalue weighted by Gasteiger charge is 2.13. The van der Waals surface area contributed by atoms with Crippen molar-refractivity contribution in [2.45, 2.75) is 38.7 Å². The Morgan fingerprint density at radius 2 is 2.25 bits per heavy atom. The van der Waals surface area contributed by atoms with Gasteiger partial charge in [-0.1, -0.05) is 0 Å². The molecule has 0 bridgehead atoms. The van der Waals surface area contributed by atoms with Crippen molar-refractivity contribution in [3.8, 4) is 0 Å². The van der Waals surface area contributed by atoms with Crippen LogP contribution in [0.15, 0.2) is 4.99 Å². The summed E-state index contributed by atoms with van der Waals surface area (Å²) in [6.07, 6.45) is 3.46. The third-order valence-electron chi connectivity index (χ3n) is 1.85. The highest BCUT2D eigenvalue weighted by atomic mass is 16.3. The normalized spacial score (nSPS) is 18.8. The Morgan fingerprint density at radius 1 is 1.50 bits per heavy atom. The summed E-state index contributed by atoms with van der Waals surface area (Å²) in [6.45, 7) is 5.12. The van der Waals surface area contributed by atoms with E-state index in [2.05, 4.69) is 10.3 Å². The largest absolute Gasteiger partial charge is 0.389 e. The molecule has 0 amide bonds. The van der Waals surface area contributed by atoms with E-state index in [4.69, 9.17) is 0 Å². The van der Waals surface area contributed by atoms with Crippen LogP contribution < -0.4 is 5.32 Å². The van der Waals surface area contributed by atoms with Crippen molar-refractivity contribution in [3.63, 3.8) is 0 Å². The maximum atomic E-state index is 9.43. The Labute approximate surface area is 73.9 Å². The quantitative estimate of drug-likeness (QED) is 0.647. The summed E-state index contributed by atoms with van der Waals surface area (Å²) >= 11 is 0. The van der Waals surface area contributed by atoms with Crippen LogP contribution in [0, 0.1) is 0 Å². The van der Waals surface area contributed by atoms with E-state index in [-0.39, 0.29) is 0 Å². The van der Waals surface area contributed by atoms with E-state index in [1.807, 2.05) is 0 Å². The summed E-state index contributed by atoms with van der Waals surface area (Å²) < 4.78 is 0. The lowest BCUT2D eigenvalue weighted by Crippen LogP contribution is -2.38. The van der Waals surface area contributed by atoms with Gasteiger partial charge in [0.2, 0.25) is 0 Å². The van der Waals surface area contributed by atoms with E-state index in [1.165, 1.54) is 12.8 Å². The summed E-state index contributed by atoms with van der Waals surface area (Å²) in [4.78, 5) is 4.33. The van der Waals surface area contributed by atoms with E-state index in [0.29, 0.717) is 6.54 Å². The van der Waals surface area contributed by atoms with Crippen LogP contribution in [0.4, 0.5) is 0 Å². The first-order valence-corrected chi connectivity index (χ1v) is 4.57. The summed E-state index contributed by atoms with van der Waals surface area (Å²) in [5, 5.41) is 12.6. The number of hydrogen-bond acceptors (Lipinski definition) is 3. The molecule has 3 heteroatoms. The first kappa shape index (κ1) is 9.52. The van der Waals surface area contributed by atoms with Gasteiger partial charge in [0.1, 0.15) is 0 Å². The predicted molar refractivity (Wildman–Crippen MR) is 50.5 cm³/mol. The predicted octanol–water partition coefficient (Wildman–Crippen LogP) is 0.929. The molecule has 0 aliphatic carbocycles. The number of amidine groups is 1. The zero-order valence-electron chi connectivity index (χ0n) is 7.93. The molecule has 0 unspecified atom stereocenters. The summed E-state index contributed by atoms with van der Waals surface area (Å²) in [6, 6.07) is 0. The Kier molecular flexibility index (Phi) is 3.09. The fraction of sp³-hybridized carbons (Fsp3) is 0.889. The smallest absolute Gasteiger partial charge is 0.0964 e. The molecule has 0 aromatic heterocycles. The zero-order chi connectivity index (χ0) is 9.03. The molecule has 3 nitrogen and oxygen atoms in total. The van der Waals surface area contributed by atoms with Crippen molar-refractivity contribution in [3.05, 3.63) is 0 Å². The number of nitrogens with one attached hydrogen (secondary N) is 1. The average Bonchev–Trinajstić information content (AvgIpc) is 2.02. The minimum atomic E-state index is -0.639. The number of hydrogen-bond donors (Lipinski definition) is 2. The molecule has 70 valence electrons. The molecule has 0 atom stereocenters. The van der Waals surface area contributed by atoms with Gasteiger partial charge in [-0.3, -0.25) is 4.99 Å². The van der Waals surface area contributed by atoms with Gasteiger partial charge in [-0.25, -0.2) is 0 Å². The van der Waals surface area contributed by atoms with Gasteiger partial charge < -0.3 is 10.4 Å². The first-order valence-electron chi connectivity index (χ1n) is 4.57. The molecule has 0 aromatic carbocycles. The number of aliphatic hydroxyl groups is 1. The highest BCUT2D eigenvalue weighted by Crippen LogP contribution is 2.05. The molecule has 0 aromatic rings. The van der Waals surface area contributed by atoms with Crippen molar-refractivity contribution in [1.29, 1.82) is 0 Å². The Bertz CT molecular complexity index is 170. The van der Waals surface area contributed by atoms with Gasteiger partial charge >= 0.3 is 0 Å². The SMILES string of the molecule is CC(C)(O)CNC1=NCCCC1. The van der Waals surface area contributed by atoms with E-state index in [0.717, 1.165) is 18.8 Å². The Hall–Kier alpha value is -0.570. The van der Waals surface area contributed by atoms with Crippen molar-refractivity contribution in [2.24, 2.45) is 4.99 Å². The number of nitrogens with zero attached hydrogens (tertiary/aromatic N) is 1. The Balaban J connectivity index is 2.26. The molecular weight excluding hydrogens is 152 g/mol. The van der Waals surface area contributed by atoms with Crippen LogP contribution in [-0.2, 0) is 0 Å². The summed E-state index contributed by atoms with van der Waals surface area (Å²) in [5.74, 6) is 1.06. The second-order valence-electron chi connectivity index (χ2n) is 3.95. The molecule has 12 heavy (non-hydrogen) atoms. The fourth-order valence-electron chi connectivity index (χ4n) is 1.16. The molecule has 1 rings (SSSR count). The molecule has 1 aliphatic rings. The molecule has 1 heterocycles. The third-order valence-corrected chi connectivity index (χ3v) is 1.85. The minimum Gasteiger partial charge on any atom is -0.389 e. The second kappa shape index (κ2) is 3.90. The van der Waals surface area contributed by atoms with Crippen LogP contribution >= 0.6 is 0 Å². The lowest BCUT2D eigenvalue weighted by atomic mass is 10.1. The lowest BCUT2D eigenvalue weighted by molar-refractivity contribution is 0.0847. The van der Waals surface area contributed by atoms with Gasteiger partial charge in [-0.05, 0) is 26.7 Å². The van der Waals surface area contributed by atoms with E-state index >= 15 is 0 Å². The summed E-state index contributed by atoms with van der Waals surface area (Å²) in [7, 11) is 0. The monoisotopic (exact) mass is 170 g/mol. The van der Waals surface area contributed by atoms with Gasteiger partial charge in [0.05, 0.1) is 11.4 Å². The van der Waals surface area contributed by atoms with E-state index < -0.39 is 5.60 Å². The average molecular weight is 170 g/mol. The van der Waals surface area contributed by atoms with Crippen molar-refractivity contribution in [1.82, 2.24) is 5.32 Å².